The summed E-state index contributed by atoms with van der Waals surface area (Å²) >= 11 is 0. The predicted octanol–water partition coefficient (Wildman–Crippen LogP) is 12.2. The van der Waals surface area contributed by atoms with E-state index in [9.17, 15) is 0 Å². The van der Waals surface area contributed by atoms with Crippen LogP contribution in [-0.4, -0.2) is 11.7 Å². The number of nitrogens with zero attached hydrogens (tertiary/aromatic N) is 2. The summed E-state index contributed by atoms with van der Waals surface area (Å²) in [5.41, 5.74) is 13.6. The monoisotopic (exact) mass is 679 g/mol. The molecule has 0 aliphatic rings. The summed E-state index contributed by atoms with van der Waals surface area (Å²) in [5, 5.41) is 11.5. The summed E-state index contributed by atoms with van der Waals surface area (Å²) in [7, 11) is 0. The zero-order valence-corrected chi connectivity index (χ0v) is 28.8. The van der Waals surface area contributed by atoms with Crippen LogP contribution in [0.4, 0.5) is 0 Å². The highest BCUT2D eigenvalue weighted by molar-refractivity contribution is 6.21. The van der Waals surface area contributed by atoms with Crippen molar-refractivity contribution in [3.63, 3.8) is 0 Å². The van der Waals surface area contributed by atoms with Gasteiger partial charge in [-0.15, -0.1) is 0 Å². The molecule has 2 N–H and O–H groups in total. The van der Waals surface area contributed by atoms with Crippen LogP contribution >= 0.6 is 0 Å². The van der Waals surface area contributed by atoms with E-state index in [1.807, 2.05) is 36.4 Å². The summed E-state index contributed by atoms with van der Waals surface area (Å²) in [5.74, 6) is 0.957. The van der Waals surface area contributed by atoms with Gasteiger partial charge in [0.2, 0.25) is 0 Å². The number of fused-ring (bicyclic) bond motifs is 9. The predicted molar refractivity (Wildman–Crippen MR) is 223 cm³/mol. The van der Waals surface area contributed by atoms with E-state index in [-0.39, 0.29) is 0 Å². The van der Waals surface area contributed by atoms with Crippen molar-refractivity contribution < 1.29 is 4.42 Å². The van der Waals surface area contributed by atoms with E-state index in [1.165, 1.54) is 32.3 Å². The molecule has 0 spiro atoms. The van der Waals surface area contributed by atoms with E-state index in [4.69, 9.17) is 20.1 Å². The highest BCUT2D eigenvalue weighted by Gasteiger charge is 2.16. The van der Waals surface area contributed by atoms with Crippen LogP contribution in [0.1, 0.15) is 16.7 Å². The Morgan fingerprint density at radius 1 is 0.472 bits per heavy atom. The molecule has 10 aromatic rings. The van der Waals surface area contributed by atoms with Crippen LogP contribution in [0.5, 0.6) is 0 Å². The van der Waals surface area contributed by atoms with Crippen molar-refractivity contribution in [2.24, 2.45) is 15.7 Å². The van der Waals surface area contributed by atoms with Crippen molar-refractivity contribution in [3.05, 3.63) is 193 Å². The molecule has 0 radical (unpaired) electrons. The standard InChI is InChI=1S/C49H33N3O/c50-48(42-15-8-16-45-47(42)41-26-25-37(29-46(41)53-45)32-9-2-1-3-10-32)52-49(38-24-23-36-22-20-34-12-5-7-14-40(34)44(36)28-38)51-30-31-17-18-35-21-19-33-11-4-6-13-39(33)43(35)27-31/h1-29H,30H2,(H2,50,51,52). The zero-order valence-electron chi connectivity index (χ0n) is 28.8. The van der Waals surface area contributed by atoms with Gasteiger partial charge in [-0.1, -0.05) is 146 Å². The van der Waals surface area contributed by atoms with Gasteiger partial charge in [0.25, 0.3) is 0 Å². The van der Waals surface area contributed by atoms with Crippen LogP contribution in [0.15, 0.2) is 190 Å². The van der Waals surface area contributed by atoms with E-state index in [1.54, 1.807) is 0 Å². The molecule has 1 heterocycles. The van der Waals surface area contributed by atoms with Gasteiger partial charge in [-0.05, 0) is 90.1 Å². The summed E-state index contributed by atoms with van der Waals surface area (Å²) in [6.45, 7) is 0.444. The van der Waals surface area contributed by atoms with Crippen molar-refractivity contribution in [1.82, 2.24) is 0 Å². The van der Waals surface area contributed by atoms with Crippen molar-refractivity contribution in [3.8, 4) is 11.1 Å². The molecular weight excluding hydrogens is 647 g/mol. The summed E-state index contributed by atoms with van der Waals surface area (Å²) in [6, 6.07) is 61.4. The summed E-state index contributed by atoms with van der Waals surface area (Å²) in [4.78, 5) is 10.3. The third-order valence-electron chi connectivity index (χ3n) is 10.3. The molecule has 4 nitrogen and oxygen atoms in total. The first-order valence-electron chi connectivity index (χ1n) is 17.9. The van der Waals surface area contributed by atoms with E-state index in [0.717, 1.165) is 60.5 Å². The Labute approximate surface area is 306 Å². The first-order valence-corrected chi connectivity index (χ1v) is 17.9. The smallest absolute Gasteiger partial charge is 0.157 e. The normalized spacial score (nSPS) is 12.5. The van der Waals surface area contributed by atoms with Crippen molar-refractivity contribution in [1.29, 1.82) is 0 Å². The number of rotatable bonds is 5. The van der Waals surface area contributed by atoms with Crippen LogP contribution < -0.4 is 5.73 Å². The topological polar surface area (TPSA) is 63.9 Å². The lowest BCUT2D eigenvalue weighted by Gasteiger charge is -2.10. The highest BCUT2D eigenvalue weighted by atomic mass is 16.3. The molecule has 9 aromatic carbocycles. The number of aliphatic imine (C=N–C) groups is 2. The first-order chi connectivity index (χ1) is 26.2. The summed E-state index contributed by atoms with van der Waals surface area (Å²) in [6.07, 6.45) is 0. The van der Waals surface area contributed by atoms with Crippen molar-refractivity contribution in [2.45, 2.75) is 6.54 Å². The van der Waals surface area contributed by atoms with E-state index >= 15 is 0 Å². The van der Waals surface area contributed by atoms with E-state index in [2.05, 4.69) is 140 Å². The summed E-state index contributed by atoms with van der Waals surface area (Å²) < 4.78 is 6.41. The Kier molecular flexibility index (Phi) is 7.33. The zero-order chi connectivity index (χ0) is 35.3. The molecule has 0 saturated carbocycles. The van der Waals surface area contributed by atoms with Gasteiger partial charge in [-0.3, -0.25) is 4.99 Å². The van der Waals surface area contributed by atoms with Gasteiger partial charge in [0.1, 0.15) is 17.0 Å². The number of nitrogens with two attached hydrogens (primary N) is 1. The molecule has 0 unspecified atom stereocenters. The van der Waals surface area contributed by atoms with Gasteiger partial charge in [-0.25, -0.2) is 4.99 Å². The maximum absolute atomic E-state index is 7.01. The molecule has 0 atom stereocenters. The Balaban J connectivity index is 1.12. The van der Waals surface area contributed by atoms with Gasteiger partial charge >= 0.3 is 0 Å². The lowest BCUT2D eigenvalue weighted by molar-refractivity contribution is 0.669. The molecular formula is C49H33N3O. The van der Waals surface area contributed by atoms with Gasteiger partial charge in [0, 0.05) is 21.9 Å². The lowest BCUT2D eigenvalue weighted by Crippen LogP contribution is -2.17. The Bertz CT molecular complexity index is 3100. The third-order valence-corrected chi connectivity index (χ3v) is 10.3. The fourth-order valence-corrected chi connectivity index (χ4v) is 7.67. The largest absolute Gasteiger partial charge is 0.456 e. The molecule has 53 heavy (non-hydrogen) atoms. The average Bonchev–Trinajstić information content (AvgIpc) is 3.60. The van der Waals surface area contributed by atoms with Crippen LogP contribution in [0, 0.1) is 0 Å². The quantitative estimate of drug-likeness (QED) is 0.112. The number of hydrogen-bond donors (Lipinski definition) is 1. The number of hydrogen-bond acceptors (Lipinski definition) is 2. The van der Waals surface area contributed by atoms with E-state index < -0.39 is 0 Å². The van der Waals surface area contributed by atoms with Gasteiger partial charge < -0.3 is 10.2 Å². The first kappa shape index (κ1) is 30.8. The SMILES string of the molecule is NC(=NC(=NCc1ccc2ccc3ccccc3c2c1)c1ccc2ccc3ccccc3c2c1)c1cccc2oc3cc(-c4ccccc4)ccc3c12. The Hall–Kier alpha value is -7.04. The maximum Gasteiger partial charge on any atom is 0.157 e. The minimum atomic E-state index is 0.381. The van der Waals surface area contributed by atoms with E-state index in [0.29, 0.717) is 18.2 Å². The fraction of sp³-hybridized carbons (Fsp3) is 0.0204. The lowest BCUT2D eigenvalue weighted by atomic mass is 9.99. The second-order valence-corrected chi connectivity index (χ2v) is 13.6. The molecule has 0 fully saturated rings. The second-order valence-electron chi connectivity index (χ2n) is 13.6. The minimum absolute atomic E-state index is 0.381. The maximum atomic E-state index is 7.01. The van der Waals surface area contributed by atoms with Crippen molar-refractivity contribution in [2.75, 3.05) is 0 Å². The highest BCUT2D eigenvalue weighted by Crippen LogP contribution is 2.35. The van der Waals surface area contributed by atoms with Crippen LogP contribution in [-0.2, 0) is 6.54 Å². The number of amidine groups is 2. The Morgan fingerprint density at radius 3 is 1.87 bits per heavy atom. The molecule has 4 heteroatoms. The average molecular weight is 680 g/mol. The molecule has 10 rings (SSSR count). The second kappa shape index (κ2) is 12.6. The van der Waals surface area contributed by atoms with Crippen LogP contribution in [0.3, 0.4) is 0 Å². The Morgan fingerprint density at radius 2 is 1.11 bits per heavy atom. The van der Waals surface area contributed by atoms with Crippen LogP contribution in [0.25, 0.3) is 76.2 Å². The fourth-order valence-electron chi connectivity index (χ4n) is 7.67. The minimum Gasteiger partial charge on any atom is -0.456 e. The third kappa shape index (κ3) is 5.49. The van der Waals surface area contributed by atoms with Gasteiger partial charge in [0.05, 0.1) is 6.54 Å². The molecule has 0 aliphatic heterocycles. The number of furan rings is 1. The van der Waals surface area contributed by atoms with Gasteiger partial charge in [-0.2, -0.15) is 0 Å². The molecule has 0 amide bonds. The molecule has 0 aliphatic carbocycles. The van der Waals surface area contributed by atoms with Crippen molar-refractivity contribution >= 4 is 76.7 Å². The molecule has 1 aromatic heterocycles. The van der Waals surface area contributed by atoms with Crippen LogP contribution in [0.2, 0.25) is 0 Å². The molecule has 250 valence electrons. The molecule has 0 bridgehead atoms. The molecule has 0 saturated heterocycles. The number of benzene rings is 9. The van der Waals surface area contributed by atoms with Gasteiger partial charge in [0.15, 0.2) is 5.84 Å².